The van der Waals surface area contributed by atoms with Crippen LogP contribution in [0, 0.1) is 18.3 Å². The van der Waals surface area contributed by atoms with Crippen molar-refractivity contribution in [1.82, 2.24) is 4.57 Å². The van der Waals surface area contributed by atoms with Crippen molar-refractivity contribution in [3.05, 3.63) is 110 Å². The Morgan fingerprint density at radius 1 is 1.03 bits per heavy atom. The van der Waals surface area contributed by atoms with Gasteiger partial charge in [-0.1, -0.05) is 48.0 Å². The quantitative estimate of drug-likeness (QED) is 0.488. The van der Waals surface area contributed by atoms with Crippen LogP contribution in [0.15, 0.2) is 83.7 Å². The topological polar surface area (TPSA) is 84.1 Å². The van der Waals surface area contributed by atoms with E-state index in [0.29, 0.717) is 21.7 Å². The van der Waals surface area contributed by atoms with Crippen LogP contribution in [0.1, 0.15) is 11.1 Å². The fourth-order valence-corrected chi connectivity index (χ4v) is 4.44. The van der Waals surface area contributed by atoms with Crippen LogP contribution in [0.4, 0.5) is 5.69 Å². The van der Waals surface area contributed by atoms with Gasteiger partial charge in [0.2, 0.25) is 0 Å². The van der Waals surface area contributed by atoms with E-state index in [4.69, 9.17) is 4.74 Å². The van der Waals surface area contributed by atoms with Gasteiger partial charge in [-0.15, -0.1) is 11.3 Å². The summed E-state index contributed by atoms with van der Waals surface area (Å²) in [7, 11) is 1.56. The van der Waals surface area contributed by atoms with E-state index >= 15 is 0 Å². The van der Waals surface area contributed by atoms with Crippen molar-refractivity contribution in [3.63, 3.8) is 0 Å². The molecule has 1 aromatic heterocycles. The molecule has 0 spiro atoms. The zero-order chi connectivity index (χ0) is 24.1. The highest BCUT2D eigenvalue weighted by molar-refractivity contribution is 7.07. The van der Waals surface area contributed by atoms with Gasteiger partial charge in [0.05, 0.1) is 17.3 Å². The first kappa shape index (κ1) is 22.8. The number of methoxy groups -OCH3 is 1. The number of aromatic nitrogens is 1. The number of thiazole rings is 1. The first-order valence-corrected chi connectivity index (χ1v) is 11.3. The van der Waals surface area contributed by atoms with Gasteiger partial charge in [-0.2, -0.15) is 5.26 Å². The van der Waals surface area contributed by atoms with E-state index in [0.717, 1.165) is 22.5 Å². The highest BCUT2D eigenvalue weighted by Gasteiger charge is 2.17. The molecule has 0 atom stereocenters. The zero-order valence-corrected chi connectivity index (χ0v) is 19.4. The third-order valence-electron chi connectivity index (χ3n) is 5.11. The number of hydrogen-bond donors (Lipinski definition) is 1. The van der Waals surface area contributed by atoms with Crippen LogP contribution in [0.5, 0.6) is 5.75 Å². The summed E-state index contributed by atoms with van der Waals surface area (Å²) in [5.74, 6) is 0.0513. The zero-order valence-electron chi connectivity index (χ0n) is 18.6. The summed E-state index contributed by atoms with van der Waals surface area (Å²) in [5.41, 5.74) is 2.61. The molecule has 0 unspecified atom stereocenters. The molecule has 168 valence electrons. The molecule has 1 amide bonds. The summed E-state index contributed by atoms with van der Waals surface area (Å²) in [5, 5.41) is 12.6. The SMILES string of the molecule is COc1ccc(NC(=O)C(C#N)=c2sc(=Cc3ccc(C)cc3)c(=O)n2-c2ccccc2)cc1. The van der Waals surface area contributed by atoms with Crippen molar-refractivity contribution >= 4 is 34.6 Å². The smallest absolute Gasteiger partial charge is 0.273 e. The van der Waals surface area contributed by atoms with Crippen molar-refractivity contribution in [2.45, 2.75) is 6.92 Å². The molecule has 7 heteroatoms. The molecule has 4 aromatic rings. The third-order valence-corrected chi connectivity index (χ3v) is 6.21. The van der Waals surface area contributed by atoms with Crippen LogP contribution in [-0.2, 0) is 4.79 Å². The van der Waals surface area contributed by atoms with Gasteiger partial charge in [0.1, 0.15) is 16.5 Å². The van der Waals surface area contributed by atoms with Gasteiger partial charge in [0.15, 0.2) is 5.57 Å². The van der Waals surface area contributed by atoms with E-state index in [1.165, 1.54) is 4.57 Å². The molecular weight excluding hydrogens is 446 g/mol. The summed E-state index contributed by atoms with van der Waals surface area (Å²) in [6.07, 6.45) is 1.77. The average Bonchev–Trinajstić information content (AvgIpc) is 3.17. The first-order valence-electron chi connectivity index (χ1n) is 10.5. The monoisotopic (exact) mass is 467 g/mol. The third kappa shape index (κ3) is 4.82. The number of rotatable bonds is 5. The summed E-state index contributed by atoms with van der Waals surface area (Å²) >= 11 is 1.11. The van der Waals surface area contributed by atoms with Crippen LogP contribution >= 0.6 is 11.3 Å². The number of nitriles is 1. The molecule has 0 aliphatic rings. The number of aryl methyl sites for hydroxylation is 1. The van der Waals surface area contributed by atoms with Crippen LogP contribution in [-0.4, -0.2) is 17.6 Å². The number of carbonyl (C=O) groups is 1. The van der Waals surface area contributed by atoms with Crippen LogP contribution in [0.3, 0.4) is 0 Å². The fourth-order valence-electron chi connectivity index (χ4n) is 3.34. The lowest BCUT2D eigenvalue weighted by atomic mass is 10.1. The van der Waals surface area contributed by atoms with E-state index in [1.807, 2.05) is 43.3 Å². The Morgan fingerprint density at radius 2 is 1.71 bits per heavy atom. The molecule has 0 aliphatic carbocycles. The van der Waals surface area contributed by atoms with Gasteiger partial charge >= 0.3 is 0 Å². The van der Waals surface area contributed by atoms with Crippen molar-refractivity contribution < 1.29 is 9.53 Å². The number of benzene rings is 3. The molecule has 0 saturated heterocycles. The fraction of sp³-hybridized carbons (Fsp3) is 0.0741. The molecule has 3 aromatic carbocycles. The molecule has 0 bridgehead atoms. The number of nitrogens with one attached hydrogen (secondary N) is 1. The van der Waals surface area contributed by atoms with Crippen molar-refractivity contribution in [2.24, 2.45) is 0 Å². The van der Waals surface area contributed by atoms with E-state index in [2.05, 4.69) is 5.32 Å². The number of para-hydroxylation sites is 1. The molecule has 1 N–H and O–H groups in total. The Morgan fingerprint density at radius 3 is 2.32 bits per heavy atom. The average molecular weight is 468 g/mol. The Kier molecular flexibility index (Phi) is 6.72. The molecule has 0 radical (unpaired) electrons. The van der Waals surface area contributed by atoms with Gasteiger partial charge in [0.25, 0.3) is 11.5 Å². The predicted octanol–water partition coefficient (Wildman–Crippen LogP) is 3.36. The minimum atomic E-state index is -0.597. The van der Waals surface area contributed by atoms with Gasteiger partial charge < -0.3 is 10.1 Å². The summed E-state index contributed by atoms with van der Waals surface area (Å²) < 4.78 is 7.24. The standard InChI is InChI=1S/C27H21N3O3S/c1-18-8-10-19(11-9-18)16-24-26(32)30(21-6-4-3-5-7-21)27(34-24)23(17-28)25(31)29-20-12-14-22(33-2)15-13-20/h3-16H,1-2H3,(H,29,31). The highest BCUT2D eigenvalue weighted by Crippen LogP contribution is 2.16. The second kappa shape index (κ2) is 10.0. The second-order valence-electron chi connectivity index (χ2n) is 7.47. The van der Waals surface area contributed by atoms with Crippen molar-refractivity contribution in [1.29, 1.82) is 5.26 Å². The molecule has 1 heterocycles. The second-order valence-corrected chi connectivity index (χ2v) is 8.50. The lowest BCUT2D eigenvalue weighted by Gasteiger charge is -2.06. The maximum atomic E-state index is 13.4. The number of nitrogens with zero attached hydrogens (tertiary/aromatic N) is 2. The lowest BCUT2D eigenvalue weighted by molar-refractivity contribution is -0.111. The van der Waals surface area contributed by atoms with E-state index in [1.54, 1.807) is 61.7 Å². The van der Waals surface area contributed by atoms with E-state index < -0.39 is 5.91 Å². The summed E-state index contributed by atoms with van der Waals surface area (Å²) in [4.78, 5) is 26.5. The van der Waals surface area contributed by atoms with Gasteiger partial charge in [-0.25, -0.2) is 0 Å². The van der Waals surface area contributed by atoms with Gasteiger partial charge in [-0.3, -0.25) is 14.2 Å². The van der Waals surface area contributed by atoms with E-state index in [-0.39, 0.29) is 15.8 Å². The normalized spacial score (nSPS) is 12.1. The molecule has 34 heavy (non-hydrogen) atoms. The van der Waals surface area contributed by atoms with Gasteiger partial charge in [-0.05, 0) is 55.0 Å². The minimum Gasteiger partial charge on any atom is -0.497 e. The molecule has 0 saturated carbocycles. The summed E-state index contributed by atoms with van der Waals surface area (Å²) in [6.45, 7) is 1.99. The lowest BCUT2D eigenvalue weighted by Crippen LogP contribution is -2.32. The number of carbonyl (C=O) groups excluding carboxylic acids is 1. The van der Waals surface area contributed by atoms with Crippen molar-refractivity contribution in [3.8, 4) is 17.5 Å². The Labute approximate surface area is 200 Å². The molecule has 4 rings (SSSR count). The van der Waals surface area contributed by atoms with Crippen molar-refractivity contribution in [2.75, 3.05) is 12.4 Å². The maximum absolute atomic E-state index is 13.4. The largest absolute Gasteiger partial charge is 0.497 e. The van der Waals surface area contributed by atoms with Gasteiger partial charge in [0, 0.05) is 5.69 Å². The first-order chi connectivity index (χ1) is 16.5. The Hall–Kier alpha value is -4.41. The van der Waals surface area contributed by atoms with Crippen LogP contribution < -0.4 is 24.8 Å². The number of amides is 1. The van der Waals surface area contributed by atoms with Crippen LogP contribution in [0.25, 0.3) is 17.3 Å². The highest BCUT2D eigenvalue weighted by atomic mass is 32.1. The number of anilines is 1. The molecular formula is C27H21N3O3S. The predicted molar refractivity (Wildman–Crippen MR) is 135 cm³/mol. The van der Waals surface area contributed by atoms with Crippen LogP contribution in [0.2, 0.25) is 0 Å². The Bertz CT molecular complexity index is 1540. The van der Waals surface area contributed by atoms with E-state index in [9.17, 15) is 14.9 Å². The molecule has 6 nitrogen and oxygen atoms in total. The Balaban J connectivity index is 1.90. The number of ether oxygens (including phenoxy) is 1. The molecule has 0 aliphatic heterocycles. The summed E-state index contributed by atoms with van der Waals surface area (Å²) in [6, 6.07) is 25.5. The minimum absolute atomic E-state index is 0.148. The molecule has 0 fully saturated rings. The number of hydrogen-bond acceptors (Lipinski definition) is 5. The maximum Gasteiger partial charge on any atom is 0.273 e.